The monoisotopic (exact) mass is 683 g/mol. The zero-order valence-electron chi connectivity index (χ0n) is 25.8. The Kier molecular flexibility index (Phi) is 11.1. The van der Waals surface area contributed by atoms with Crippen molar-refractivity contribution in [2.24, 2.45) is 11.8 Å². The van der Waals surface area contributed by atoms with E-state index in [0.29, 0.717) is 28.4 Å². The van der Waals surface area contributed by atoms with Gasteiger partial charge in [0.05, 0.1) is 25.0 Å². The molecule has 3 unspecified atom stereocenters. The first-order valence-electron chi connectivity index (χ1n) is 14.3. The van der Waals surface area contributed by atoms with Gasteiger partial charge in [-0.15, -0.1) is 0 Å². The maximum absolute atomic E-state index is 13.6. The van der Waals surface area contributed by atoms with E-state index in [2.05, 4.69) is 17.0 Å². The van der Waals surface area contributed by atoms with Crippen LogP contribution in [0.1, 0.15) is 61.7 Å². The summed E-state index contributed by atoms with van der Waals surface area (Å²) in [6.45, 7) is 4.38. The van der Waals surface area contributed by atoms with Gasteiger partial charge in [-0.05, 0) is 74.9 Å². The predicted octanol–water partition coefficient (Wildman–Crippen LogP) is 7.65. The molecule has 3 aromatic rings. The number of hydrogen-bond acceptors (Lipinski definition) is 8. The number of pyridine rings is 1. The average Bonchev–Trinajstić information content (AvgIpc) is 3.66. The van der Waals surface area contributed by atoms with Crippen molar-refractivity contribution in [3.63, 3.8) is 0 Å². The molecular weight excluding hydrogens is 649 g/mol. The van der Waals surface area contributed by atoms with Crippen LogP contribution in [0.5, 0.6) is 17.2 Å². The molecule has 1 fully saturated rings. The van der Waals surface area contributed by atoms with Crippen LogP contribution in [-0.4, -0.2) is 43.2 Å². The molecule has 0 aliphatic heterocycles. The summed E-state index contributed by atoms with van der Waals surface area (Å²) >= 11 is 12.8. The van der Waals surface area contributed by atoms with Gasteiger partial charge in [-0.25, -0.2) is 9.59 Å². The topological polar surface area (TPSA) is 116 Å². The Hall–Kier alpha value is -4.03. The number of rotatable bonds is 12. The fourth-order valence-corrected chi connectivity index (χ4v) is 5.16. The normalized spacial score (nSPS) is 16.4. The highest BCUT2D eigenvalue weighted by atomic mass is 35.5. The second-order valence-electron chi connectivity index (χ2n) is 11.8. The van der Waals surface area contributed by atoms with Gasteiger partial charge in [0, 0.05) is 16.7 Å². The smallest absolute Gasteiger partial charge is 0.412 e. The number of hydrogen-bond donors (Lipinski definition) is 2. The zero-order chi connectivity index (χ0) is 33.8. The lowest BCUT2D eigenvalue weighted by molar-refractivity contribution is -0.904. The number of anilines is 1. The first-order valence-corrected chi connectivity index (χ1v) is 15.1. The molecule has 0 radical (unpaired) electrons. The van der Waals surface area contributed by atoms with E-state index < -0.39 is 30.4 Å². The molecule has 1 amide bonds. The van der Waals surface area contributed by atoms with Crippen LogP contribution in [0.4, 0.5) is 19.3 Å². The average molecular weight is 685 g/mol. The van der Waals surface area contributed by atoms with Crippen molar-refractivity contribution >= 4 is 41.0 Å². The van der Waals surface area contributed by atoms with Crippen molar-refractivity contribution < 1.29 is 52.0 Å². The van der Waals surface area contributed by atoms with Gasteiger partial charge < -0.3 is 23.7 Å². The van der Waals surface area contributed by atoms with Crippen LogP contribution in [0.2, 0.25) is 10.0 Å². The van der Waals surface area contributed by atoms with Gasteiger partial charge >= 0.3 is 18.7 Å². The molecule has 0 bridgehead atoms. The van der Waals surface area contributed by atoms with E-state index in [-0.39, 0.29) is 50.9 Å². The third-order valence-corrected chi connectivity index (χ3v) is 7.71. The molecule has 3 atom stereocenters. The number of alkyl halides is 2. The van der Waals surface area contributed by atoms with E-state index in [1.54, 1.807) is 20.8 Å². The van der Waals surface area contributed by atoms with E-state index in [0.717, 1.165) is 6.42 Å². The van der Waals surface area contributed by atoms with Gasteiger partial charge in [0.1, 0.15) is 27.5 Å². The van der Waals surface area contributed by atoms with E-state index in [1.807, 2.05) is 0 Å². The Balaban J connectivity index is 1.68. The molecular formula is C32H35Cl2F2N2O8+. The minimum Gasteiger partial charge on any atom is -0.495 e. The van der Waals surface area contributed by atoms with E-state index in [1.165, 1.54) is 55.9 Å². The van der Waals surface area contributed by atoms with E-state index in [4.69, 9.17) is 42.1 Å². The van der Waals surface area contributed by atoms with Gasteiger partial charge in [0.2, 0.25) is 12.4 Å². The third kappa shape index (κ3) is 9.49. The largest absolute Gasteiger partial charge is 0.495 e. The zero-order valence-corrected chi connectivity index (χ0v) is 27.3. The summed E-state index contributed by atoms with van der Waals surface area (Å²) in [5.41, 5.74) is 0.138. The second-order valence-corrected chi connectivity index (χ2v) is 12.6. The molecule has 0 spiro atoms. The van der Waals surface area contributed by atoms with Gasteiger partial charge in [-0.3, -0.25) is 10.5 Å². The third-order valence-electron chi connectivity index (χ3n) is 7.06. The Morgan fingerprint density at radius 3 is 2.30 bits per heavy atom. The fraction of sp³-hybridized carbons (Fsp3) is 0.406. The van der Waals surface area contributed by atoms with Crippen molar-refractivity contribution in [2.45, 2.75) is 58.9 Å². The molecule has 1 aromatic heterocycles. The number of halogens is 4. The summed E-state index contributed by atoms with van der Waals surface area (Å²) in [5, 5.41) is 12.6. The lowest BCUT2D eigenvalue weighted by Crippen LogP contribution is -2.29. The molecule has 0 saturated heterocycles. The molecule has 248 valence electrons. The fourth-order valence-electron chi connectivity index (χ4n) is 4.55. The number of amides is 1. The van der Waals surface area contributed by atoms with Crippen LogP contribution in [0.25, 0.3) is 0 Å². The first-order chi connectivity index (χ1) is 21.6. The number of carbonyl (C=O) groups excluding carboxylic acids is 2. The van der Waals surface area contributed by atoms with Crippen LogP contribution in [-0.2, 0) is 15.9 Å². The van der Waals surface area contributed by atoms with Gasteiger partial charge in [-0.1, -0.05) is 36.2 Å². The Labute approximate surface area is 275 Å². The number of aromatic nitrogens is 1. The van der Waals surface area contributed by atoms with Crippen LogP contribution < -0.4 is 24.3 Å². The van der Waals surface area contributed by atoms with Gasteiger partial charge in [0.25, 0.3) is 0 Å². The SMILES string of the molecule is COc1ccc(C(=O)OC(Cc2c(Cl)c[n+](O)cc2Cl)c2ccc(OC(F)F)c(OCC3CC3C)c2)cc1NC(=O)OC(C)(C)C. The van der Waals surface area contributed by atoms with Crippen molar-refractivity contribution in [2.75, 3.05) is 19.0 Å². The Morgan fingerprint density at radius 1 is 1.07 bits per heavy atom. The summed E-state index contributed by atoms with van der Waals surface area (Å²) in [6, 6.07) is 8.52. The summed E-state index contributed by atoms with van der Waals surface area (Å²) in [4.78, 5) is 26.0. The molecule has 1 aliphatic carbocycles. The molecule has 1 saturated carbocycles. The summed E-state index contributed by atoms with van der Waals surface area (Å²) < 4.78 is 54.3. The summed E-state index contributed by atoms with van der Waals surface area (Å²) in [5.74, 6) is 0.0597. The summed E-state index contributed by atoms with van der Waals surface area (Å²) in [7, 11) is 1.40. The van der Waals surface area contributed by atoms with Crippen LogP contribution >= 0.6 is 23.2 Å². The lowest BCUT2D eigenvalue weighted by atomic mass is 10.0. The van der Waals surface area contributed by atoms with Crippen molar-refractivity contribution in [1.29, 1.82) is 0 Å². The molecule has 4 rings (SSSR count). The Morgan fingerprint density at radius 2 is 1.72 bits per heavy atom. The number of methoxy groups -OCH3 is 1. The minimum absolute atomic E-state index is 0.0460. The van der Waals surface area contributed by atoms with E-state index in [9.17, 15) is 23.6 Å². The highest BCUT2D eigenvalue weighted by Gasteiger charge is 2.34. The summed E-state index contributed by atoms with van der Waals surface area (Å²) in [6.07, 6.45) is 1.47. The molecule has 1 heterocycles. The number of benzene rings is 2. The van der Waals surface area contributed by atoms with Crippen LogP contribution in [0.15, 0.2) is 48.8 Å². The Bertz CT molecular complexity index is 1560. The molecule has 2 aromatic carbocycles. The maximum Gasteiger partial charge on any atom is 0.412 e. The molecule has 14 heteroatoms. The maximum atomic E-state index is 13.6. The van der Waals surface area contributed by atoms with E-state index >= 15 is 0 Å². The number of carbonyl (C=O) groups is 2. The van der Waals surface area contributed by atoms with Gasteiger partial charge in [-0.2, -0.15) is 8.78 Å². The molecule has 10 nitrogen and oxygen atoms in total. The highest BCUT2D eigenvalue weighted by molar-refractivity contribution is 6.35. The standard InChI is InChI=1S/C32H34Cl2F2N2O8/c1-17-10-20(17)16-43-28-12-18(6-9-26(28)45-30(35)36)27(13-21-22(33)14-38(41)15-23(21)34)44-29(39)19-7-8-25(42-5)24(11-19)37-31(40)46-32(2,3)4/h6-9,11-12,14-15,17,20,27,30H,10,13,16H2,1-5H3,(H-,37,40,41)/p+1. The number of nitrogens with one attached hydrogen (secondary N) is 1. The molecule has 46 heavy (non-hydrogen) atoms. The number of nitrogens with zero attached hydrogens (tertiary/aromatic N) is 1. The second kappa shape index (κ2) is 14.6. The lowest BCUT2D eigenvalue weighted by Gasteiger charge is -2.22. The first kappa shape index (κ1) is 34.8. The van der Waals surface area contributed by atoms with Crippen LogP contribution in [0, 0.1) is 11.8 Å². The predicted molar refractivity (Wildman–Crippen MR) is 164 cm³/mol. The van der Waals surface area contributed by atoms with Crippen molar-refractivity contribution in [1.82, 2.24) is 0 Å². The van der Waals surface area contributed by atoms with Crippen molar-refractivity contribution in [3.8, 4) is 17.2 Å². The quantitative estimate of drug-likeness (QED) is 0.114. The van der Waals surface area contributed by atoms with Crippen molar-refractivity contribution in [3.05, 3.63) is 75.5 Å². The highest BCUT2D eigenvalue weighted by Crippen LogP contribution is 2.41. The number of esters is 1. The molecule has 1 aliphatic rings. The van der Waals surface area contributed by atoms with Crippen LogP contribution in [0.3, 0.4) is 0 Å². The molecule has 2 N–H and O–H groups in total. The minimum atomic E-state index is -3.09. The van der Waals surface area contributed by atoms with Gasteiger partial charge in [0.15, 0.2) is 11.5 Å². The number of ether oxygens (including phenoxy) is 5.